The van der Waals surface area contributed by atoms with E-state index in [2.05, 4.69) is 36.0 Å². The third kappa shape index (κ3) is 17.2. The van der Waals surface area contributed by atoms with E-state index in [1.807, 2.05) is 79.0 Å². The summed E-state index contributed by atoms with van der Waals surface area (Å²) in [5, 5.41) is 8.57. The van der Waals surface area contributed by atoms with Gasteiger partial charge in [-0.15, -0.1) is 10.2 Å². The van der Waals surface area contributed by atoms with E-state index in [4.69, 9.17) is 18.6 Å². The maximum Gasteiger partial charge on any atom is 0.248 e. The molecule has 1 heterocycles. The van der Waals surface area contributed by atoms with E-state index in [1.54, 1.807) is 0 Å². The van der Waals surface area contributed by atoms with E-state index in [-0.39, 0.29) is 6.10 Å². The topological polar surface area (TPSA) is 79.0 Å². The van der Waals surface area contributed by atoms with E-state index in [9.17, 15) is 0 Å². The molecule has 0 spiro atoms. The summed E-state index contributed by atoms with van der Waals surface area (Å²) in [4.78, 5) is 4.64. The smallest absolute Gasteiger partial charge is 0.248 e. The number of hydrogen-bond donors (Lipinski definition) is 0. The van der Waals surface area contributed by atoms with Crippen molar-refractivity contribution < 1.29 is 18.6 Å². The molecule has 7 nitrogen and oxygen atoms in total. The van der Waals surface area contributed by atoms with Crippen LogP contribution in [0.2, 0.25) is 0 Å². The van der Waals surface area contributed by atoms with Crippen molar-refractivity contribution in [2.45, 2.75) is 142 Å². The predicted molar refractivity (Wildman–Crippen MR) is 220 cm³/mol. The Hall–Kier alpha value is -3.97. The summed E-state index contributed by atoms with van der Waals surface area (Å²) in [5.41, 5.74) is 3.54. The Morgan fingerprint density at radius 2 is 1.00 bits per heavy atom. The Morgan fingerprint density at radius 3 is 1.55 bits per heavy atom. The molecule has 4 rings (SSSR count). The highest BCUT2D eigenvalue weighted by atomic mass is 16.5. The molecule has 53 heavy (non-hydrogen) atoms. The molecule has 3 aromatic carbocycles. The van der Waals surface area contributed by atoms with Crippen molar-refractivity contribution >= 4 is 11.9 Å². The zero-order valence-electron chi connectivity index (χ0n) is 32.9. The summed E-state index contributed by atoms with van der Waals surface area (Å²) in [6.07, 6.45) is 25.6. The average molecular weight is 724 g/mol. The second-order valence-electron chi connectivity index (χ2n) is 14.3. The highest BCUT2D eigenvalue weighted by molar-refractivity contribution is 5.82. The highest BCUT2D eigenvalue weighted by Crippen LogP contribution is 2.27. The Morgan fingerprint density at radius 1 is 0.547 bits per heavy atom. The first-order chi connectivity index (χ1) is 26.1. The minimum Gasteiger partial charge on any atom is -0.494 e. The molecule has 0 radical (unpaired) electrons. The van der Waals surface area contributed by atoms with Crippen LogP contribution in [0.3, 0.4) is 0 Å². The predicted octanol–water partition coefficient (Wildman–Crippen LogP) is 13.4. The van der Waals surface area contributed by atoms with Crippen LogP contribution in [0.15, 0.2) is 82.2 Å². The van der Waals surface area contributed by atoms with Crippen molar-refractivity contribution in [3.8, 4) is 34.4 Å². The van der Waals surface area contributed by atoms with Gasteiger partial charge in [-0.1, -0.05) is 117 Å². The van der Waals surface area contributed by atoms with Crippen LogP contribution >= 0.6 is 0 Å². The van der Waals surface area contributed by atoms with Crippen molar-refractivity contribution in [1.82, 2.24) is 10.2 Å². The molecule has 0 unspecified atom stereocenters. The lowest BCUT2D eigenvalue weighted by atomic mass is 10.1. The molecule has 0 bridgehead atoms. The normalized spacial score (nSPS) is 12.1. The van der Waals surface area contributed by atoms with Gasteiger partial charge in [0, 0.05) is 23.9 Å². The zero-order chi connectivity index (χ0) is 37.2. The molecule has 4 aromatic rings. The third-order valence-corrected chi connectivity index (χ3v) is 9.53. The Bertz CT molecular complexity index is 1520. The fraction of sp³-hybridized carbons (Fsp3) is 0.543. The molecule has 0 N–H and O–H groups in total. The van der Waals surface area contributed by atoms with Crippen LogP contribution in [-0.4, -0.2) is 42.3 Å². The number of unbranched alkanes of at least 4 members (excludes halogenated alkanes) is 16. The number of rotatable bonds is 29. The summed E-state index contributed by atoms with van der Waals surface area (Å²) in [7, 11) is 0. The number of aromatic nitrogens is 2. The molecule has 0 fully saturated rings. The molecule has 0 saturated carbocycles. The molecule has 1 aromatic heterocycles. The van der Waals surface area contributed by atoms with E-state index < -0.39 is 0 Å². The summed E-state index contributed by atoms with van der Waals surface area (Å²) < 4.78 is 23.8. The Labute approximate surface area is 320 Å². The Balaban J connectivity index is 1.10. The summed E-state index contributed by atoms with van der Waals surface area (Å²) in [6.45, 7) is 8.68. The van der Waals surface area contributed by atoms with Gasteiger partial charge in [-0.25, -0.2) is 0 Å². The van der Waals surface area contributed by atoms with Crippen molar-refractivity contribution in [2.75, 3.05) is 19.8 Å². The van der Waals surface area contributed by atoms with Gasteiger partial charge in [0.25, 0.3) is 0 Å². The largest absolute Gasteiger partial charge is 0.494 e. The first-order valence-electron chi connectivity index (χ1n) is 20.7. The van der Waals surface area contributed by atoms with E-state index in [1.165, 1.54) is 103 Å². The van der Waals surface area contributed by atoms with Crippen LogP contribution in [-0.2, 0) is 4.74 Å². The van der Waals surface area contributed by atoms with Crippen molar-refractivity contribution in [3.63, 3.8) is 0 Å². The minimum absolute atomic E-state index is 0.0683. The molecular weight excluding hydrogens is 659 g/mol. The number of aliphatic imine (C=N–C) groups is 1. The number of hydrogen-bond acceptors (Lipinski definition) is 7. The van der Waals surface area contributed by atoms with Crippen molar-refractivity contribution in [2.24, 2.45) is 4.99 Å². The average Bonchev–Trinajstić information content (AvgIpc) is 3.69. The van der Waals surface area contributed by atoms with Gasteiger partial charge in [0.15, 0.2) is 0 Å². The van der Waals surface area contributed by atoms with Gasteiger partial charge in [0.2, 0.25) is 11.8 Å². The highest BCUT2D eigenvalue weighted by Gasteiger charge is 2.11. The van der Waals surface area contributed by atoms with Gasteiger partial charge >= 0.3 is 0 Å². The molecule has 288 valence electrons. The first-order valence-corrected chi connectivity index (χ1v) is 20.7. The number of benzene rings is 3. The van der Waals surface area contributed by atoms with E-state index >= 15 is 0 Å². The quantitative estimate of drug-likeness (QED) is 0.0410. The monoisotopic (exact) mass is 723 g/mol. The van der Waals surface area contributed by atoms with Crippen LogP contribution in [0.4, 0.5) is 5.69 Å². The molecular formula is C46H65N3O4. The standard InChI is InChI=1S/C46H65N3O4/c1-4-6-8-10-12-13-14-15-16-17-19-21-35-51-43-32-26-41(27-33-43)46-49-48-45(53-46)40-24-28-42(29-25-40)47-36-39-22-30-44(31-23-39)52-37-38(3)50-34-20-18-11-9-7-5-2/h22-33,36,38H,4-21,34-35,37H2,1-3H3/t38-/m0/s1. The third-order valence-electron chi connectivity index (χ3n) is 9.53. The van der Waals surface area contributed by atoms with Crippen LogP contribution in [0, 0.1) is 0 Å². The van der Waals surface area contributed by atoms with Crippen LogP contribution in [0.1, 0.15) is 142 Å². The fourth-order valence-corrected chi connectivity index (χ4v) is 6.20. The van der Waals surface area contributed by atoms with Crippen molar-refractivity contribution in [3.05, 3.63) is 78.4 Å². The minimum atomic E-state index is 0.0683. The SMILES string of the molecule is CCCCCCCCCCCCCCOc1ccc(-c2nnc(-c3ccc(N=Cc4ccc(OC[C@H](C)OCCCCCCCC)cc4)cc3)o2)cc1. The summed E-state index contributed by atoms with van der Waals surface area (Å²) in [5.74, 6) is 2.65. The molecule has 0 saturated heterocycles. The Kier molecular flexibility index (Phi) is 20.4. The van der Waals surface area contributed by atoms with Crippen LogP contribution in [0.25, 0.3) is 22.9 Å². The van der Waals surface area contributed by atoms with Crippen LogP contribution in [0.5, 0.6) is 11.5 Å². The lowest BCUT2D eigenvalue weighted by Gasteiger charge is -2.14. The van der Waals surface area contributed by atoms with E-state index in [0.717, 1.165) is 59.9 Å². The van der Waals surface area contributed by atoms with Gasteiger partial charge < -0.3 is 18.6 Å². The van der Waals surface area contributed by atoms with Gasteiger partial charge in [-0.05, 0) is 98.1 Å². The first kappa shape index (κ1) is 41.8. The number of nitrogens with zero attached hydrogens (tertiary/aromatic N) is 3. The van der Waals surface area contributed by atoms with E-state index in [0.29, 0.717) is 18.4 Å². The van der Waals surface area contributed by atoms with Gasteiger partial charge in [-0.3, -0.25) is 4.99 Å². The summed E-state index contributed by atoms with van der Waals surface area (Å²) >= 11 is 0. The lowest BCUT2D eigenvalue weighted by Crippen LogP contribution is -2.18. The van der Waals surface area contributed by atoms with Crippen molar-refractivity contribution in [1.29, 1.82) is 0 Å². The zero-order valence-corrected chi connectivity index (χ0v) is 32.9. The van der Waals surface area contributed by atoms with Gasteiger partial charge in [0.1, 0.15) is 18.1 Å². The molecule has 0 aliphatic rings. The van der Waals surface area contributed by atoms with Crippen LogP contribution < -0.4 is 9.47 Å². The second-order valence-corrected chi connectivity index (χ2v) is 14.3. The number of ether oxygens (including phenoxy) is 3. The molecule has 1 atom stereocenters. The summed E-state index contributed by atoms with van der Waals surface area (Å²) in [6, 6.07) is 23.6. The fourth-order valence-electron chi connectivity index (χ4n) is 6.20. The molecule has 0 amide bonds. The lowest BCUT2D eigenvalue weighted by molar-refractivity contribution is 0.0302. The molecule has 0 aliphatic carbocycles. The second kappa shape index (κ2) is 25.9. The van der Waals surface area contributed by atoms with Gasteiger partial charge in [-0.2, -0.15) is 0 Å². The molecule has 7 heteroatoms. The molecule has 0 aliphatic heterocycles. The maximum absolute atomic E-state index is 6.01. The maximum atomic E-state index is 6.01. The van der Waals surface area contributed by atoms with Gasteiger partial charge in [0.05, 0.1) is 18.4 Å².